The summed E-state index contributed by atoms with van der Waals surface area (Å²) in [6.07, 6.45) is 1.01. The van der Waals surface area contributed by atoms with Crippen molar-refractivity contribution in [3.63, 3.8) is 0 Å². The maximum absolute atomic E-state index is 12.0. The van der Waals surface area contributed by atoms with Gasteiger partial charge in [-0.3, -0.25) is 20.3 Å². The van der Waals surface area contributed by atoms with Crippen LogP contribution in [0.1, 0.15) is 16.2 Å². The van der Waals surface area contributed by atoms with Crippen molar-refractivity contribution < 1.29 is 14.3 Å². The third-order valence-corrected chi connectivity index (χ3v) is 3.66. The van der Waals surface area contributed by atoms with E-state index in [1.165, 1.54) is 7.11 Å². The van der Waals surface area contributed by atoms with Crippen LogP contribution in [0.25, 0.3) is 22.0 Å². The van der Waals surface area contributed by atoms with E-state index in [4.69, 9.17) is 0 Å². The number of H-pyrrole nitrogens is 2. The summed E-state index contributed by atoms with van der Waals surface area (Å²) in [6.45, 7) is 1.82. The first-order valence-electron chi connectivity index (χ1n) is 7.14. The number of fused-ring (bicyclic) bond motifs is 1. The van der Waals surface area contributed by atoms with Crippen LogP contribution >= 0.6 is 0 Å². The first-order valence-corrected chi connectivity index (χ1v) is 7.14. The lowest BCUT2D eigenvalue weighted by Gasteiger charge is -2.09. The fraction of sp³-hybridized carbons (Fsp3) is 0.200. The van der Waals surface area contributed by atoms with Crippen molar-refractivity contribution in [2.75, 3.05) is 19.5 Å². The Morgan fingerprint density at radius 3 is 2.75 bits per heavy atom. The minimum Gasteiger partial charge on any atom is -0.453 e. The molecule has 2 heterocycles. The molecule has 0 fully saturated rings. The Morgan fingerprint density at radius 1 is 1.25 bits per heavy atom. The van der Waals surface area contributed by atoms with Gasteiger partial charge in [0.1, 0.15) is 0 Å². The van der Waals surface area contributed by atoms with Crippen molar-refractivity contribution in [1.82, 2.24) is 25.7 Å². The van der Waals surface area contributed by atoms with Crippen molar-refractivity contribution in [3.05, 3.63) is 29.7 Å². The molecule has 9 nitrogen and oxygen atoms in total. The molecular weight excluding hydrogens is 312 g/mol. The number of rotatable bonds is 3. The number of aromatic amines is 2. The molecule has 0 aliphatic rings. The van der Waals surface area contributed by atoms with Gasteiger partial charge in [-0.05, 0) is 24.6 Å². The highest BCUT2D eigenvalue weighted by atomic mass is 16.5. The summed E-state index contributed by atoms with van der Waals surface area (Å²) < 4.78 is 4.65. The quantitative estimate of drug-likeness (QED) is 0.583. The highest BCUT2D eigenvalue weighted by Gasteiger charge is 2.20. The van der Waals surface area contributed by atoms with Crippen LogP contribution in [0.2, 0.25) is 0 Å². The van der Waals surface area contributed by atoms with Gasteiger partial charge in [-0.2, -0.15) is 10.2 Å². The van der Waals surface area contributed by atoms with E-state index < -0.39 is 6.09 Å². The molecule has 2 amide bonds. The zero-order valence-electron chi connectivity index (χ0n) is 13.4. The summed E-state index contributed by atoms with van der Waals surface area (Å²) in [5.41, 5.74) is 3.60. The lowest BCUT2D eigenvalue weighted by molar-refractivity contribution is 0.0958. The molecule has 1 aromatic carbocycles. The van der Waals surface area contributed by atoms with Gasteiger partial charge in [-0.15, -0.1) is 0 Å². The van der Waals surface area contributed by atoms with Crippen LogP contribution in [0.4, 0.5) is 10.5 Å². The third-order valence-electron chi connectivity index (χ3n) is 3.66. The van der Waals surface area contributed by atoms with Crippen LogP contribution in [-0.2, 0) is 4.74 Å². The van der Waals surface area contributed by atoms with E-state index in [0.29, 0.717) is 22.3 Å². The van der Waals surface area contributed by atoms with E-state index in [2.05, 4.69) is 35.8 Å². The number of carbonyl (C=O) groups excluding carboxylic acids is 2. The first-order chi connectivity index (χ1) is 11.5. The summed E-state index contributed by atoms with van der Waals surface area (Å²) in [5.74, 6) is -0.304. The fourth-order valence-electron chi connectivity index (χ4n) is 2.53. The summed E-state index contributed by atoms with van der Waals surface area (Å²) in [5, 5.41) is 19.7. The second-order valence-corrected chi connectivity index (χ2v) is 5.12. The highest BCUT2D eigenvalue weighted by Crippen LogP contribution is 2.33. The van der Waals surface area contributed by atoms with Crippen molar-refractivity contribution in [1.29, 1.82) is 0 Å². The Balaban J connectivity index is 2.19. The number of amides is 2. The predicted octanol–water partition coefficient (Wildman–Crippen LogP) is 1.80. The topological polar surface area (TPSA) is 125 Å². The molecule has 0 saturated heterocycles. The number of anilines is 1. The molecule has 0 aliphatic heterocycles. The number of hydrogen-bond donors (Lipinski definition) is 4. The van der Waals surface area contributed by atoms with E-state index in [0.717, 1.165) is 11.1 Å². The van der Waals surface area contributed by atoms with Crippen molar-refractivity contribution in [3.8, 4) is 11.1 Å². The number of methoxy groups -OCH3 is 1. The molecule has 0 aliphatic carbocycles. The van der Waals surface area contributed by atoms with Crippen LogP contribution in [0.3, 0.4) is 0 Å². The molecule has 24 heavy (non-hydrogen) atoms. The molecule has 2 aromatic heterocycles. The monoisotopic (exact) mass is 328 g/mol. The van der Waals surface area contributed by atoms with Crippen molar-refractivity contribution >= 4 is 28.6 Å². The third kappa shape index (κ3) is 2.56. The van der Waals surface area contributed by atoms with Crippen LogP contribution in [0.15, 0.2) is 18.3 Å². The number of carbonyl (C=O) groups is 2. The van der Waals surface area contributed by atoms with Crippen LogP contribution < -0.4 is 10.6 Å². The highest BCUT2D eigenvalue weighted by molar-refractivity contribution is 6.04. The maximum atomic E-state index is 12.0. The Kier molecular flexibility index (Phi) is 3.90. The molecule has 3 aromatic rings. The lowest BCUT2D eigenvalue weighted by Crippen LogP contribution is -2.19. The molecule has 124 valence electrons. The standard InChI is InChI=1S/C15H16N6O3/c1-7-12(13(21-19-7)14(22)16-2)8-4-10(18-15(23)24-3)9-6-17-20-11(9)5-8/h4-6H,1-3H3,(H,16,22)(H,17,20)(H,18,23)(H,19,21). The number of benzene rings is 1. The molecule has 3 rings (SSSR count). The second-order valence-electron chi connectivity index (χ2n) is 5.12. The first kappa shape index (κ1) is 15.5. The minimum atomic E-state index is -0.593. The van der Waals surface area contributed by atoms with Gasteiger partial charge in [0, 0.05) is 23.7 Å². The smallest absolute Gasteiger partial charge is 0.411 e. The Hall–Kier alpha value is -3.36. The largest absolute Gasteiger partial charge is 0.453 e. The van der Waals surface area contributed by atoms with Gasteiger partial charge < -0.3 is 10.1 Å². The number of nitrogens with one attached hydrogen (secondary N) is 4. The lowest BCUT2D eigenvalue weighted by atomic mass is 10.0. The molecule has 0 saturated carbocycles. The zero-order chi connectivity index (χ0) is 17.3. The number of ether oxygens (including phenoxy) is 1. The number of hydrogen-bond acceptors (Lipinski definition) is 5. The van der Waals surface area contributed by atoms with Gasteiger partial charge >= 0.3 is 6.09 Å². The summed E-state index contributed by atoms with van der Waals surface area (Å²) >= 11 is 0. The molecule has 0 bridgehead atoms. The Bertz CT molecular complexity index is 927. The van der Waals surface area contributed by atoms with E-state index in [9.17, 15) is 9.59 Å². The maximum Gasteiger partial charge on any atom is 0.411 e. The molecular formula is C15H16N6O3. The molecule has 0 unspecified atom stereocenters. The molecule has 0 atom stereocenters. The van der Waals surface area contributed by atoms with Gasteiger partial charge in [-0.1, -0.05) is 0 Å². The minimum absolute atomic E-state index is 0.276. The van der Waals surface area contributed by atoms with Gasteiger partial charge in [-0.25, -0.2) is 4.79 Å². The van der Waals surface area contributed by atoms with Gasteiger partial charge in [0.25, 0.3) is 5.91 Å². The average Bonchev–Trinajstić information content (AvgIpc) is 3.20. The number of aromatic nitrogens is 4. The second kappa shape index (κ2) is 6.03. The number of nitrogens with zero attached hydrogens (tertiary/aromatic N) is 2. The Labute approximate surface area is 136 Å². The van der Waals surface area contributed by atoms with E-state index in [-0.39, 0.29) is 11.6 Å². The summed E-state index contributed by atoms with van der Waals surface area (Å²) in [4.78, 5) is 23.6. The number of aryl methyl sites for hydroxylation is 1. The van der Waals surface area contributed by atoms with Gasteiger partial charge in [0.15, 0.2) is 5.69 Å². The van der Waals surface area contributed by atoms with Crippen LogP contribution in [0.5, 0.6) is 0 Å². The summed E-state index contributed by atoms with van der Waals surface area (Å²) in [6, 6.07) is 3.59. The van der Waals surface area contributed by atoms with Crippen LogP contribution in [0, 0.1) is 6.92 Å². The SMILES string of the molecule is CNC(=O)c1n[nH]c(C)c1-c1cc(NC(=O)OC)c2cn[nH]c2c1. The fourth-order valence-corrected chi connectivity index (χ4v) is 2.53. The predicted molar refractivity (Wildman–Crippen MR) is 87.8 cm³/mol. The summed E-state index contributed by atoms with van der Waals surface area (Å²) in [7, 11) is 2.83. The van der Waals surface area contributed by atoms with E-state index in [1.54, 1.807) is 19.3 Å². The zero-order valence-corrected chi connectivity index (χ0v) is 13.4. The molecule has 9 heteroatoms. The van der Waals surface area contributed by atoms with E-state index >= 15 is 0 Å². The average molecular weight is 328 g/mol. The van der Waals surface area contributed by atoms with Crippen molar-refractivity contribution in [2.45, 2.75) is 6.92 Å². The normalized spacial score (nSPS) is 10.6. The molecule has 4 N–H and O–H groups in total. The van der Waals surface area contributed by atoms with Gasteiger partial charge in [0.05, 0.1) is 24.5 Å². The van der Waals surface area contributed by atoms with Crippen LogP contribution in [-0.4, -0.2) is 46.6 Å². The van der Waals surface area contributed by atoms with Crippen molar-refractivity contribution in [2.24, 2.45) is 0 Å². The molecule has 0 radical (unpaired) electrons. The van der Waals surface area contributed by atoms with Gasteiger partial charge in [0.2, 0.25) is 0 Å². The molecule has 0 spiro atoms. The Morgan fingerprint density at radius 2 is 2.04 bits per heavy atom. The van der Waals surface area contributed by atoms with E-state index in [1.807, 2.05) is 13.0 Å².